The van der Waals surface area contributed by atoms with E-state index in [1.54, 1.807) is 18.2 Å². The van der Waals surface area contributed by atoms with E-state index in [1.165, 1.54) is 12.1 Å². The van der Waals surface area contributed by atoms with Gasteiger partial charge in [0.1, 0.15) is 0 Å². The maximum Gasteiger partial charge on any atom is 0.303 e. The first-order chi connectivity index (χ1) is 6.93. The van der Waals surface area contributed by atoms with E-state index in [0.29, 0.717) is 0 Å². The highest BCUT2D eigenvalue weighted by molar-refractivity contribution is 5.97. The zero-order valence-corrected chi connectivity index (χ0v) is 7.11. The van der Waals surface area contributed by atoms with Gasteiger partial charge >= 0.3 is 5.97 Å². The summed E-state index contributed by atoms with van der Waals surface area (Å²) in [7, 11) is 0. The minimum atomic E-state index is -2.60. The van der Waals surface area contributed by atoms with E-state index in [4.69, 9.17) is 2.74 Å². The van der Waals surface area contributed by atoms with Crippen LogP contribution < -0.4 is 0 Å². The molecular weight excluding hydrogens is 168 g/mol. The van der Waals surface area contributed by atoms with Gasteiger partial charge in [-0.1, -0.05) is 30.3 Å². The second-order valence-corrected chi connectivity index (χ2v) is 2.39. The molecule has 0 radical (unpaired) electrons. The molecule has 1 aromatic rings. The Balaban J connectivity index is 2.89. The molecule has 0 aliphatic rings. The Labute approximate surface area is 79.1 Å². The van der Waals surface area contributed by atoms with E-state index in [0.717, 1.165) is 6.92 Å². The molecule has 3 nitrogen and oxygen atoms in total. The van der Waals surface area contributed by atoms with Gasteiger partial charge < -0.3 is 4.74 Å². The number of carbonyl (C=O) groups is 2. The fourth-order valence-corrected chi connectivity index (χ4v) is 0.767. The van der Waals surface area contributed by atoms with Gasteiger partial charge in [-0.3, -0.25) is 9.59 Å². The van der Waals surface area contributed by atoms with Gasteiger partial charge in [-0.05, 0) is 0 Å². The van der Waals surface area contributed by atoms with E-state index in [9.17, 15) is 9.59 Å². The molecule has 1 rings (SSSR count). The first-order valence-corrected chi connectivity index (χ1v) is 3.73. The van der Waals surface area contributed by atoms with Crippen molar-refractivity contribution in [3.63, 3.8) is 0 Å². The van der Waals surface area contributed by atoms with Crippen LogP contribution in [-0.2, 0) is 9.53 Å². The van der Waals surface area contributed by atoms with Crippen LogP contribution in [0.4, 0.5) is 0 Å². The Hall–Kier alpha value is -1.64. The lowest BCUT2D eigenvalue weighted by Gasteiger charge is -2.00. The zero-order chi connectivity index (χ0) is 11.5. The summed E-state index contributed by atoms with van der Waals surface area (Å²) in [4.78, 5) is 22.1. The van der Waals surface area contributed by atoms with Crippen LogP contribution in [0.5, 0.6) is 0 Å². The van der Waals surface area contributed by atoms with Gasteiger partial charge in [-0.2, -0.15) is 0 Å². The number of carbonyl (C=O) groups excluding carboxylic acids is 2. The zero-order valence-electron chi connectivity index (χ0n) is 9.11. The van der Waals surface area contributed by atoms with E-state index in [-0.39, 0.29) is 5.56 Å². The van der Waals surface area contributed by atoms with Crippen LogP contribution in [0.25, 0.3) is 0 Å². The van der Waals surface area contributed by atoms with Gasteiger partial charge in [0, 0.05) is 12.5 Å². The van der Waals surface area contributed by atoms with E-state index >= 15 is 0 Å². The molecule has 68 valence electrons. The summed E-state index contributed by atoms with van der Waals surface area (Å²) in [5, 5.41) is 0. The Morgan fingerprint density at radius 2 is 2.00 bits per heavy atom. The van der Waals surface area contributed by atoms with E-state index < -0.39 is 18.3 Å². The summed E-state index contributed by atoms with van der Waals surface area (Å²) in [5.74, 6) is -1.69. The van der Waals surface area contributed by atoms with Crippen LogP contribution >= 0.6 is 0 Å². The average Bonchev–Trinajstić information content (AvgIpc) is 2.16. The lowest BCUT2D eigenvalue weighted by molar-refractivity contribution is -0.139. The number of ketones is 1. The number of hydrogen-bond acceptors (Lipinski definition) is 3. The number of rotatable bonds is 3. The predicted molar refractivity (Wildman–Crippen MR) is 47.4 cm³/mol. The first kappa shape index (κ1) is 6.83. The molecule has 0 bridgehead atoms. The molecule has 0 heterocycles. The molecule has 0 saturated carbocycles. The fourth-order valence-electron chi connectivity index (χ4n) is 0.767. The van der Waals surface area contributed by atoms with Crippen molar-refractivity contribution < 1.29 is 17.1 Å². The molecule has 0 amide bonds. The summed E-state index contributed by atoms with van der Waals surface area (Å²) in [6.07, 6.45) is 0. The average molecular weight is 180 g/mol. The Morgan fingerprint density at radius 3 is 2.54 bits per heavy atom. The van der Waals surface area contributed by atoms with Crippen molar-refractivity contribution >= 4 is 11.8 Å². The minimum Gasteiger partial charge on any atom is -0.457 e. The third kappa shape index (κ3) is 3.07. The molecule has 0 N–H and O–H groups in total. The van der Waals surface area contributed by atoms with E-state index in [1.807, 2.05) is 0 Å². The molecule has 0 saturated heterocycles. The van der Waals surface area contributed by atoms with Crippen LogP contribution in [0.1, 0.15) is 20.0 Å². The highest BCUT2D eigenvalue weighted by Gasteiger charge is 2.05. The largest absolute Gasteiger partial charge is 0.457 e. The van der Waals surface area contributed by atoms with Crippen molar-refractivity contribution in [3.05, 3.63) is 35.9 Å². The lowest BCUT2D eigenvalue weighted by atomic mass is 10.1. The maximum atomic E-state index is 11.5. The smallest absolute Gasteiger partial charge is 0.303 e. The first-order valence-electron chi connectivity index (χ1n) is 4.73. The molecule has 0 aliphatic heterocycles. The fraction of sp³-hybridized carbons (Fsp3) is 0.200. The quantitative estimate of drug-likeness (QED) is 0.522. The molecule has 0 unspecified atom stereocenters. The van der Waals surface area contributed by atoms with Gasteiger partial charge in [0.2, 0.25) is 0 Å². The molecule has 0 aliphatic carbocycles. The molecule has 13 heavy (non-hydrogen) atoms. The third-order valence-electron chi connectivity index (χ3n) is 1.32. The highest BCUT2D eigenvalue weighted by Crippen LogP contribution is 1.99. The summed E-state index contributed by atoms with van der Waals surface area (Å²) in [5.41, 5.74) is 0.170. The summed E-state index contributed by atoms with van der Waals surface area (Å²) in [6, 6.07) is 7.85. The second-order valence-electron chi connectivity index (χ2n) is 2.39. The van der Waals surface area contributed by atoms with Crippen LogP contribution in [0, 0.1) is 0 Å². The summed E-state index contributed by atoms with van der Waals surface area (Å²) < 4.78 is 18.8. The Kier molecular flexibility index (Phi) is 2.31. The van der Waals surface area contributed by atoms with Gasteiger partial charge in [0.25, 0.3) is 0 Å². The van der Waals surface area contributed by atoms with Crippen LogP contribution in [0.2, 0.25) is 0 Å². The topological polar surface area (TPSA) is 43.4 Å². The van der Waals surface area contributed by atoms with Crippen molar-refractivity contribution in [1.29, 1.82) is 0 Å². The van der Waals surface area contributed by atoms with Crippen molar-refractivity contribution in [3.8, 4) is 0 Å². The number of esters is 1. The van der Waals surface area contributed by atoms with Crippen LogP contribution in [0.15, 0.2) is 30.3 Å². The second kappa shape index (κ2) is 4.40. The molecule has 0 atom stereocenters. The standard InChI is InChI=1S/C10H10O3/c1-8(11)13-7-10(12)9-5-3-2-4-6-9/h2-6H,7H2,1H3/i7D2. The third-order valence-corrected chi connectivity index (χ3v) is 1.32. The molecule has 0 aromatic heterocycles. The molecule has 3 heteroatoms. The van der Waals surface area contributed by atoms with Crippen LogP contribution in [0.3, 0.4) is 0 Å². The van der Waals surface area contributed by atoms with Gasteiger partial charge in [-0.25, -0.2) is 0 Å². The molecule has 0 spiro atoms. The van der Waals surface area contributed by atoms with Crippen molar-refractivity contribution in [2.24, 2.45) is 0 Å². The minimum absolute atomic E-state index is 0.170. The van der Waals surface area contributed by atoms with Gasteiger partial charge in [0.15, 0.2) is 12.3 Å². The van der Waals surface area contributed by atoms with Gasteiger partial charge in [-0.15, -0.1) is 0 Å². The maximum absolute atomic E-state index is 11.5. The normalized spacial score (nSPS) is 12.7. The lowest BCUT2D eigenvalue weighted by Crippen LogP contribution is -2.11. The SMILES string of the molecule is [2H]C([2H])(OC(C)=O)C(=O)c1ccccc1. The Bertz CT molecular complexity index is 374. The van der Waals surface area contributed by atoms with E-state index in [2.05, 4.69) is 4.74 Å². The predicted octanol–water partition coefficient (Wildman–Crippen LogP) is 1.43. The Morgan fingerprint density at radius 1 is 1.38 bits per heavy atom. The number of ether oxygens (including phenoxy) is 1. The van der Waals surface area contributed by atoms with Crippen molar-refractivity contribution in [2.45, 2.75) is 6.92 Å². The summed E-state index contributed by atoms with van der Waals surface area (Å²) in [6.45, 7) is -1.55. The van der Waals surface area contributed by atoms with Crippen LogP contribution in [-0.4, -0.2) is 18.3 Å². The molecular formula is C10H10O3. The van der Waals surface area contributed by atoms with Crippen molar-refractivity contribution in [1.82, 2.24) is 0 Å². The molecule has 0 fully saturated rings. The summed E-state index contributed by atoms with van der Waals surface area (Å²) >= 11 is 0. The highest BCUT2D eigenvalue weighted by atomic mass is 16.5. The van der Waals surface area contributed by atoms with Crippen molar-refractivity contribution in [2.75, 3.05) is 6.56 Å². The molecule has 1 aromatic carbocycles. The monoisotopic (exact) mass is 180 g/mol. The number of hydrogen-bond donors (Lipinski definition) is 0. The number of benzene rings is 1. The number of Topliss-reactive ketones (excluding diaryl/α,β-unsaturated/α-hetero) is 1. The van der Waals surface area contributed by atoms with Gasteiger partial charge in [0.05, 0.1) is 2.74 Å².